The van der Waals surface area contributed by atoms with Crippen LogP contribution in [0.25, 0.3) is 10.9 Å². The van der Waals surface area contributed by atoms with Crippen LogP contribution in [0.2, 0.25) is 0 Å². The molecule has 1 fully saturated rings. The number of aromatic nitrogens is 1. The maximum Gasteiger partial charge on any atom is 0.0737 e. The van der Waals surface area contributed by atoms with Crippen molar-refractivity contribution in [3.05, 3.63) is 41.1 Å². The van der Waals surface area contributed by atoms with Crippen molar-refractivity contribution in [2.75, 3.05) is 33.3 Å². The summed E-state index contributed by atoms with van der Waals surface area (Å²) < 4.78 is 0. The minimum absolute atomic E-state index is 0.263. The monoisotopic (exact) mass is 313 g/mol. The van der Waals surface area contributed by atoms with Gasteiger partial charge in [-0.15, -0.1) is 0 Å². The average molecular weight is 313 g/mol. The summed E-state index contributed by atoms with van der Waals surface area (Å²) in [6.45, 7) is 8.59. The van der Waals surface area contributed by atoms with Crippen molar-refractivity contribution in [2.45, 2.75) is 32.9 Å². The van der Waals surface area contributed by atoms with Gasteiger partial charge in [0.2, 0.25) is 0 Å². The van der Waals surface area contributed by atoms with E-state index in [4.69, 9.17) is 4.98 Å². The first-order valence-electron chi connectivity index (χ1n) is 8.48. The second-order valence-electron chi connectivity index (χ2n) is 6.78. The molecule has 1 atom stereocenters. The number of piperazine rings is 1. The molecule has 0 saturated carbocycles. The molecule has 23 heavy (non-hydrogen) atoms. The Morgan fingerprint density at radius 1 is 1.26 bits per heavy atom. The van der Waals surface area contributed by atoms with Crippen LogP contribution in [0.1, 0.15) is 23.2 Å². The van der Waals surface area contributed by atoms with Crippen LogP contribution in [0, 0.1) is 13.8 Å². The topological polar surface area (TPSA) is 39.6 Å². The number of para-hydroxylation sites is 1. The van der Waals surface area contributed by atoms with E-state index >= 15 is 0 Å². The highest BCUT2D eigenvalue weighted by atomic mass is 16.3. The predicted octanol–water partition coefficient (Wildman–Crippen LogP) is 2.35. The minimum Gasteiger partial charge on any atom is -0.396 e. The van der Waals surface area contributed by atoms with Crippen LogP contribution < -0.4 is 0 Å². The molecule has 1 aromatic heterocycles. The van der Waals surface area contributed by atoms with Crippen LogP contribution in [0.3, 0.4) is 0 Å². The number of pyridine rings is 1. The lowest BCUT2D eigenvalue weighted by molar-refractivity contribution is 0.0745. The Bertz CT molecular complexity index is 686. The van der Waals surface area contributed by atoms with Crippen molar-refractivity contribution in [1.29, 1.82) is 0 Å². The van der Waals surface area contributed by atoms with Crippen LogP contribution in [0.15, 0.2) is 24.3 Å². The summed E-state index contributed by atoms with van der Waals surface area (Å²) >= 11 is 0. The zero-order valence-corrected chi connectivity index (χ0v) is 14.4. The molecule has 1 aliphatic rings. The summed E-state index contributed by atoms with van der Waals surface area (Å²) in [5, 5.41) is 10.5. The van der Waals surface area contributed by atoms with E-state index in [1.807, 2.05) is 0 Å². The number of benzene rings is 1. The van der Waals surface area contributed by atoms with Gasteiger partial charge in [0.25, 0.3) is 0 Å². The Morgan fingerprint density at radius 3 is 2.87 bits per heavy atom. The molecule has 1 aromatic carbocycles. The predicted molar refractivity (Wildman–Crippen MR) is 94.6 cm³/mol. The third kappa shape index (κ3) is 3.55. The second-order valence-corrected chi connectivity index (χ2v) is 6.78. The molecule has 0 spiro atoms. The molecule has 1 N–H and O–H groups in total. The van der Waals surface area contributed by atoms with Gasteiger partial charge in [0.05, 0.1) is 5.52 Å². The normalized spacial score (nSPS) is 20.3. The van der Waals surface area contributed by atoms with Crippen LogP contribution in [-0.2, 0) is 6.54 Å². The molecule has 1 unspecified atom stereocenters. The number of aryl methyl sites for hydroxylation is 2. The Labute approximate surface area is 138 Å². The highest BCUT2D eigenvalue weighted by Crippen LogP contribution is 2.23. The number of likely N-dealkylation sites (N-methyl/N-ethyl adjacent to an activating group) is 1. The average Bonchev–Trinajstić information content (AvgIpc) is 2.52. The minimum atomic E-state index is 0.263. The molecule has 2 heterocycles. The van der Waals surface area contributed by atoms with Crippen molar-refractivity contribution < 1.29 is 5.11 Å². The van der Waals surface area contributed by atoms with E-state index in [0.29, 0.717) is 6.04 Å². The smallest absolute Gasteiger partial charge is 0.0737 e. The molecule has 4 nitrogen and oxygen atoms in total. The summed E-state index contributed by atoms with van der Waals surface area (Å²) in [5.74, 6) is 0. The molecule has 124 valence electrons. The van der Waals surface area contributed by atoms with Gasteiger partial charge in [-0.2, -0.15) is 0 Å². The van der Waals surface area contributed by atoms with Crippen molar-refractivity contribution in [1.82, 2.24) is 14.8 Å². The van der Waals surface area contributed by atoms with E-state index < -0.39 is 0 Å². The highest BCUT2D eigenvalue weighted by molar-refractivity contribution is 5.85. The number of aliphatic hydroxyl groups excluding tert-OH is 1. The molecule has 2 aromatic rings. The van der Waals surface area contributed by atoms with E-state index in [1.165, 1.54) is 16.5 Å². The largest absolute Gasteiger partial charge is 0.396 e. The van der Waals surface area contributed by atoms with Crippen molar-refractivity contribution >= 4 is 10.9 Å². The van der Waals surface area contributed by atoms with Gasteiger partial charge in [0.1, 0.15) is 0 Å². The summed E-state index contributed by atoms with van der Waals surface area (Å²) in [6, 6.07) is 9.11. The Morgan fingerprint density at radius 2 is 2.09 bits per heavy atom. The highest BCUT2D eigenvalue weighted by Gasteiger charge is 2.24. The fraction of sp³-hybridized carbons (Fsp3) is 0.526. The van der Waals surface area contributed by atoms with Crippen molar-refractivity contribution in [2.24, 2.45) is 0 Å². The van der Waals surface area contributed by atoms with Gasteiger partial charge in [0.15, 0.2) is 0 Å². The van der Waals surface area contributed by atoms with Gasteiger partial charge < -0.3 is 10.0 Å². The van der Waals surface area contributed by atoms with Crippen LogP contribution in [-0.4, -0.2) is 59.2 Å². The molecule has 0 aliphatic carbocycles. The molecule has 1 saturated heterocycles. The lowest BCUT2D eigenvalue weighted by Crippen LogP contribution is -2.51. The molecule has 0 amide bonds. The maximum atomic E-state index is 9.27. The van der Waals surface area contributed by atoms with Crippen LogP contribution >= 0.6 is 0 Å². The summed E-state index contributed by atoms with van der Waals surface area (Å²) in [4.78, 5) is 9.60. The number of hydrogen-bond acceptors (Lipinski definition) is 4. The van der Waals surface area contributed by atoms with Gasteiger partial charge >= 0.3 is 0 Å². The first-order chi connectivity index (χ1) is 11.1. The van der Waals surface area contributed by atoms with E-state index in [2.05, 4.69) is 55.0 Å². The van der Waals surface area contributed by atoms with Gasteiger partial charge in [0, 0.05) is 49.9 Å². The maximum absolute atomic E-state index is 9.27. The molecule has 1 aliphatic heterocycles. The molecule has 3 rings (SSSR count). The first-order valence-corrected chi connectivity index (χ1v) is 8.48. The van der Waals surface area contributed by atoms with E-state index in [9.17, 15) is 5.11 Å². The molecular weight excluding hydrogens is 286 g/mol. The number of hydrogen-bond donors (Lipinski definition) is 1. The molecule has 4 heteroatoms. The molecular formula is C19H27N3O. The van der Waals surface area contributed by atoms with Crippen molar-refractivity contribution in [3.63, 3.8) is 0 Å². The lowest BCUT2D eigenvalue weighted by Gasteiger charge is -2.39. The molecule has 0 bridgehead atoms. The number of rotatable bonds is 4. The van der Waals surface area contributed by atoms with Crippen LogP contribution in [0.5, 0.6) is 0 Å². The number of fused-ring (bicyclic) bond motifs is 1. The van der Waals surface area contributed by atoms with Gasteiger partial charge in [-0.25, -0.2) is 0 Å². The van der Waals surface area contributed by atoms with Crippen molar-refractivity contribution in [3.8, 4) is 0 Å². The number of nitrogens with zero attached hydrogens (tertiary/aromatic N) is 3. The van der Waals surface area contributed by atoms with E-state index in [1.54, 1.807) is 0 Å². The quantitative estimate of drug-likeness (QED) is 0.940. The van der Waals surface area contributed by atoms with Crippen LogP contribution in [0.4, 0.5) is 0 Å². The zero-order chi connectivity index (χ0) is 16.4. The fourth-order valence-electron chi connectivity index (χ4n) is 3.59. The van der Waals surface area contributed by atoms with Gasteiger partial charge in [-0.3, -0.25) is 9.88 Å². The lowest BCUT2D eigenvalue weighted by atomic mass is 10.0. The Balaban J connectivity index is 1.85. The van der Waals surface area contributed by atoms with Gasteiger partial charge in [-0.1, -0.05) is 18.2 Å². The van der Waals surface area contributed by atoms with E-state index in [0.717, 1.165) is 43.8 Å². The summed E-state index contributed by atoms with van der Waals surface area (Å²) in [6.07, 6.45) is 0.849. The summed E-state index contributed by atoms with van der Waals surface area (Å²) in [5.41, 5.74) is 4.82. The standard InChI is InChI=1S/C19H27N3O/c1-14-5-4-6-18-16(11-15(2)20-19(14)18)12-22-9-8-21(3)17(13-22)7-10-23/h4-6,11,17,23H,7-10,12-13H2,1-3H3. The summed E-state index contributed by atoms with van der Waals surface area (Å²) in [7, 11) is 2.16. The first kappa shape index (κ1) is 16.4. The third-order valence-corrected chi connectivity index (χ3v) is 4.97. The molecule has 0 radical (unpaired) electrons. The Hall–Kier alpha value is -1.49. The zero-order valence-electron chi connectivity index (χ0n) is 14.4. The third-order valence-electron chi connectivity index (χ3n) is 4.97. The van der Waals surface area contributed by atoms with E-state index in [-0.39, 0.29) is 6.61 Å². The Kier molecular flexibility index (Phi) is 4.95. The SMILES string of the molecule is Cc1cc(CN2CCN(C)C(CCO)C2)c2cccc(C)c2n1. The second kappa shape index (κ2) is 6.95. The van der Waals surface area contributed by atoms with Gasteiger partial charge in [-0.05, 0) is 44.5 Å². The number of aliphatic hydroxyl groups is 1. The fourth-order valence-corrected chi connectivity index (χ4v) is 3.59.